The van der Waals surface area contributed by atoms with Gasteiger partial charge in [-0.05, 0) is 24.6 Å². The predicted molar refractivity (Wildman–Crippen MR) is 74.8 cm³/mol. The van der Waals surface area contributed by atoms with E-state index in [1.165, 1.54) is 6.20 Å². The van der Waals surface area contributed by atoms with Gasteiger partial charge in [-0.3, -0.25) is 4.72 Å². The van der Waals surface area contributed by atoms with Gasteiger partial charge in [0.05, 0.1) is 0 Å². The Hall–Kier alpha value is -1.53. The fourth-order valence-corrected chi connectivity index (χ4v) is 2.80. The summed E-state index contributed by atoms with van der Waals surface area (Å²) in [4.78, 5) is 4.00. The highest BCUT2D eigenvalue weighted by Crippen LogP contribution is 2.16. The van der Waals surface area contributed by atoms with Crippen LogP contribution in [0.2, 0.25) is 0 Å². The van der Waals surface area contributed by atoms with Crippen molar-refractivity contribution in [2.45, 2.75) is 17.8 Å². The third-order valence-electron chi connectivity index (χ3n) is 2.72. The highest BCUT2D eigenvalue weighted by atomic mass is 35.5. The number of aryl methyl sites for hydroxylation is 2. The van der Waals surface area contributed by atoms with Crippen molar-refractivity contribution in [1.29, 1.82) is 0 Å². The molecule has 0 fully saturated rings. The molecule has 2 rings (SSSR count). The van der Waals surface area contributed by atoms with Crippen LogP contribution in [0.3, 0.4) is 0 Å². The van der Waals surface area contributed by atoms with Gasteiger partial charge in [0.15, 0.2) is 5.03 Å². The van der Waals surface area contributed by atoms with Crippen molar-refractivity contribution < 1.29 is 8.42 Å². The normalized spacial score (nSPS) is 11.5. The summed E-state index contributed by atoms with van der Waals surface area (Å²) >= 11 is 5.68. The Morgan fingerprint density at radius 3 is 2.42 bits per heavy atom. The van der Waals surface area contributed by atoms with E-state index in [0.29, 0.717) is 17.4 Å². The number of halogens is 1. The zero-order chi connectivity index (χ0) is 14.0. The summed E-state index contributed by atoms with van der Waals surface area (Å²) in [6, 6.07) is 6.89. The standard InChI is InChI=1S/C12H14ClN3O2S/c1-9-14-12(8-16(9)2)19(17,18)15-11-5-3-10(7-13)4-6-11/h3-6,8,15H,7H2,1-2H3. The molecule has 0 spiro atoms. The fraction of sp³-hybridized carbons (Fsp3) is 0.250. The lowest BCUT2D eigenvalue weighted by Gasteiger charge is -2.06. The van der Waals surface area contributed by atoms with Gasteiger partial charge in [-0.25, -0.2) is 4.98 Å². The maximum atomic E-state index is 12.1. The van der Waals surface area contributed by atoms with Gasteiger partial charge in [0.1, 0.15) is 5.82 Å². The Morgan fingerprint density at radius 2 is 1.95 bits per heavy atom. The van der Waals surface area contributed by atoms with Crippen molar-refractivity contribution in [2.75, 3.05) is 4.72 Å². The number of hydrogen-bond donors (Lipinski definition) is 1. The SMILES string of the molecule is Cc1nc(S(=O)(=O)Nc2ccc(CCl)cc2)cn1C. The third-order valence-corrected chi connectivity index (χ3v) is 4.28. The third kappa shape index (κ3) is 3.08. The maximum Gasteiger partial charge on any atom is 0.280 e. The average molecular weight is 300 g/mol. The zero-order valence-corrected chi connectivity index (χ0v) is 12.2. The smallest absolute Gasteiger partial charge is 0.280 e. The summed E-state index contributed by atoms with van der Waals surface area (Å²) in [6.07, 6.45) is 1.48. The molecule has 0 aliphatic carbocycles. The molecule has 1 N–H and O–H groups in total. The summed E-state index contributed by atoms with van der Waals surface area (Å²) < 4.78 is 28.4. The van der Waals surface area contributed by atoms with Crippen LogP contribution in [0.1, 0.15) is 11.4 Å². The monoisotopic (exact) mass is 299 g/mol. The summed E-state index contributed by atoms with van der Waals surface area (Å²) in [5, 5.41) is 0.00826. The minimum Gasteiger partial charge on any atom is -0.337 e. The lowest BCUT2D eigenvalue weighted by Crippen LogP contribution is -2.13. The summed E-state index contributed by atoms with van der Waals surface area (Å²) in [7, 11) is -1.90. The molecular formula is C12H14ClN3O2S. The van der Waals surface area contributed by atoms with Crippen LogP contribution in [0.4, 0.5) is 5.69 Å². The molecule has 0 atom stereocenters. The minimum absolute atomic E-state index is 0.00826. The largest absolute Gasteiger partial charge is 0.337 e. The number of rotatable bonds is 4. The number of sulfonamides is 1. The number of nitrogens with zero attached hydrogens (tertiary/aromatic N) is 2. The number of nitrogens with one attached hydrogen (secondary N) is 1. The van der Waals surface area contributed by atoms with Crippen molar-refractivity contribution >= 4 is 27.3 Å². The maximum absolute atomic E-state index is 12.1. The van der Waals surface area contributed by atoms with E-state index in [1.807, 2.05) is 0 Å². The van der Waals surface area contributed by atoms with E-state index < -0.39 is 10.0 Å². The Balaban J connectivity index is 2.25. The second-order valence-corrected chi connectivity index (χ2v) is 6.07. The molecule has 2 aromatic rings. The fourth-order valence-electron chi connectivity index (χ4n) is 1.53. The van der Waals surface area contributed by atoms with Crippen LogP contribution in [0.5, 0.6) is 0 Å². The van der Waals surface area contributed by atoms with Crippen LogP contribution >= 0.6 is 11.6 Å². The average Bonchev–Trinajstić information content (AvgIpc) is 2.71. The van der Waals surface area contributed by atoms with Crippen LogP contribution in [-0.4, -0.2) is 18.0 Å². The van der Waals surface area contributed by atoms with Crippen molar-refractivity contribution in [2.24, 2.45) is 7.05 Å². The highest BCUT2D eigenvalue weighted by molar-refractivity contribution is 7.92. The molecule has 0 aliphatic rings. The summed E-state index contributed by atoms with van der Waals surface area (Å²) in [5.41, 5.74) is 1.41. The topological polar surface area (TPSA) is 64.0 Å². The van der Waals surface area contributed by atoms with Crippen molar-refractivity contribution in [3.63, 3.8) is 0 Å². The number of aromatic nitrogens is 2. The Bertz CT molecular complexity index is 658. The van der Waals surface area contributed by atoms with Gasteiger partial charge in [0, 0.05) is 24.8 Å². The number of anilines is 1. The van der Waals surface area contributed by atoms with Gasteiger partial charge in [-0.15, -0.1) is 11.6 Å². The van der Waals surface area contributed by atoms with Crippen LogP contribution in [0.15, 0.2) is 35.5 Å². The Morgan fingerprint density at radius 1 is 1.32 bits per heavy atom. The van der Waals surface area contributed by atoms with E-state index in [-0.39, 0.29) is 5.03 Å². The lowest BCUT2D eigenvalue weighted by molar-refractivity contribution is 0.598. The van der Waals surface area contributed by atoms with Crippen molar-refractivity contribution in [3.8, 4) is 0 Å². The van der Waals surface area contributed by atoms with Crippen LogP contribution in [-0.2, 0) is 23.0 Å². The molecule has 1 aromatic heterocycles. The molecule has 7 heteroatoms. The molecular weight excluding hydrogens is 286 g/mol. The second kappa shape index (κ2) is 5.22. The number of benzene rings is 1. The van der Waals surface area contributed by atoms with E-state index in [9.17, 15) is 8.42 Å². The first kappa shape index (κ1) is 13.9. The Labute approximate surface area is 117 Å². The number of hydrogen-bond acceptors (Lipinski definition) is 3. The summed E-state index contributed by atoms with van der Waals surface area (Å²) in [5.74, 6) is 1.03. The molecule has 102 valence electrons. The van der Waals surface area contributed by atoms with E-state index in [0.717, 1.165) is 5.56 Å². The van der Waals surface area contributed by atoms with Crippen LogP contribution in [0.25, 0.3) is 0 Å². The lowest BCUT2D eigenvalue weighted by atomic mass is 10.2. The van der Waals surface area contributed by atoms with Gasteiger partial charge in [0.2, 0.25) is 0 Å². The van der Waals surface area contributed by atoms with Gasteiger partial charge in [-0.2, -0.15) is 8.42 Å². The quantitative estimate of drug-likeness (QED) is 0.881. The van der Waals surface area contributed by atoms with E-state index >= 15 is 0 Å². The molecule has 0 unspecified atom stereocenters. The molecule has 1 aromatic carbocycles. The molecule has 0 aliphatic heterocycles. The first-order chi connectivity index (χ1) is 8.92. The van der Waals surface area contributed by atoms with Gasteiger partial charge in [-0.1, -0.05) is 12.1 Å². The Kier molecular flexibility index (Phi) is 3.82. The molecule has 5 nitrogen and oxygen atoms in total. The van der Waals surface area contributed by atoms with Crippen molar-refractivity contribution in [1.82, 2.24) is 9.55 Å². The second-order valence-electron chi connectivity index (χ2n) is 4.17. The van der Waals surface area contributed by atoms with Gasteiger partial charge >= 0.3 is 0 Å². The van der Waals surface area contributed by atoms with Gasteiger partial charge < -0.3 is 4.57 Å². The molecule has 0 bridgehead atoms. The van der Waals surface area contributed by atoms with Crippen molar-refractivity contribution in [3.05, 3.63) is 41.9 Å². The molecule has 0 radical (unpaired) electrons. The zero-order valence-electron chi connectivity index (χ0n) is 10.6. The molecule has 1 heterocycles. The predicted octanol–water partition coefficient (Wildman–Crippen LogP) is 2.27. The van der Waals surface area contributed by atoms with E-state index in [1.54, 1.807) is 42.8 Å². The minimum atomic E-state index is -3.65. The van der Waals surface area contributed by atoms with E-state index in [4.69, 9.17) is 11.6 Å². The molecule has 19 heavy (non-hydrogen) atoms. The van der Waals surface area contributed by atoms with Crippen LogP contribution in [0, 0.1) is 6.92 Å². The molecule has 0 saturated heterocycles. The van der Waals surface area contributed by atoms with E-state index in [2.05, 4.69) is 9.71 Å². The number of imidazole rings is 1. The molecule has 0 amide bonds. The first-order valence-corrected chi connectivity index (χ1v) is 7.62. The van der Waals surface area contributed by atoms with Crippen LogP contribution < -0.4 is 4.72 Å². The first-order valence-electron chi connectivity index (χ1n) is 5.60. The molecule has 0 saturated carbocycles. The van der Waals surface area contributed by atoms with Gasteiger partial charge in [0.25, 0.3) is 10.0 Å². The summed E-state index contributed by atoms with van der Waals surface area (Å²) in [6.45, 7) is 1.74. The highest BCUT2D eigenvalue weighted by Gasteiger charge is 2.18. The number of alkyl halides is 1.